The van der Waals surface area contributed by atoms with Crippen LogP contribution in [0.5, 0.6) is 0 Å². The molecule has 1 rings (SSSR count). The normalized spacial score (nSPS) is 22.2. The molecular formula is C11H21N3O2. The number of amides is 2. The quantitative estimate of drug-likeness (QED) is 0.613. The summed E-state index contributed by atoms with van der Waals surface area (Å²) in [4.78, 5) is 23.2. The van der Waals surface area contributed by atoms with Gasteiger partial charge in [-0.3, -0.25) is 9.59 Å². The Morgan fingerprint density at radius 3 is 2.81 bits per heavy atom. The zero-order valence-corrected chi connectivity index (χ0v) is 10.0. The molecule has 0 bridgehead atoms. The van der Waals surface area contributed by atoms with Crippen molar-refractivity contribution in [1.29, 1.82) is 0 Å². The van der Waals surface area contributed by atoms with Gasteiger partial charge in [0.05, 0.1) is 5.92 Å². The smallest absolute Gasteiger partial charge is 0.242 e. The molecular weight excluding hydrogens is 206 g/mol. The number of hydrogen-bond acceptors (Lipinski definition) is 3. The van der Waals surface area contributed by atoms with E-state index in [1.807, 2.05) is 6.92 Å². The first kappa shape index (κ1) is 13.0. The molecule has 0 aromatic heterocycles. The second-order valence-electron chi connectivity index (χ2n) is 4.17. The summed E-state index contributed by atoms with van der Waals surface area (Å²) >= 11 is 0. The van der Waals surface area contributed by atoms with E-state index in [1.54, 1.807) is 6.92 Å². The number of hydrogen-bond donors (Lipinski definition) is 3. The van der Waals surface area contributed by atoms with Crippen LogP contribution in [-0.4, -0.2) is 37.5 Å². The number of nitrogens with one attached hydrogen (secondary N) is 3. The van der Waals surface area contributed by atoms with Crippen LogP contribution in [0.25, 0.3) is 0 Å². The van der Waals surface area contributed by atoms with Crippen molar-refractivity contribution in [3.63, 3.8) is 0 Å². The lowest BCUT2D eigenvalue weighted by molar-refractivity contribution is -0.131. The molecule has 5 nitrogen and oxygen atoms in total. The van der Waals surface area contributed by atoms with Gasteiger partial charge >= 0.3 is 0 Å². The van der Waals surface area contributed by atoms with E-state index in [-0.39, 0.29) is 17.7 Å². The van der Waals surface area contributed by atoms with Gasteiger partial charge in [0.15, 0.2) is 0 Å². The third kappa shape index (κ3) is 3.81. The monoisotopic (exact) mass is 227 g/mol. The Bertz CT molecular complexity index is 250. The summed E-state index contributed by atoms with van der Waals surface area (Å²) in [6.45, 7) is 5.85. The third-order valence-electron chi connectivity index (χ3n) is 2.77. The Balaban J connectivity index is 2.34. The lowest BCUT2D eigenvalue weighted by Crippen LogP contribution is -2.49. The van der Waals surface area contributed by atoms with E-state index >= 15 is 0 Å². The Labute approximate surface area is 96.4 Å². The topological polar surface area (TPSA) is 70.2 Å². The van der Waals surface area contributed by atoms with E-state index in [4.69, 9.17) is 0 Å². The second-order valence-corrected chi connectivity index (χ2v) is 4.17. The minimum atomic E-state index is -0.450. The van der Waals surface area contributed by atoms with Crippen LogP contribution >= 0.6 is 0 Å². The van der Waals surface area contributed by atoms with Crippen LogP contribution in [-0.2, 0) is 9.59 Å². The minimum Gasteiger partial charge on any atom is -0.355 e. The van der Waals surface area contributed by atoms with E-state index in [9.17, 15) is 9.59 Å². The van der Waals surface area contributed by atoms with E-state index in [1.165, 1.54) is 0 Å². The molecule has 0 aromatic carbocycles. The van der Waals surface area contributed by atoms with Crippen LogP contribution in [0.15, 0.2) is 0 Å². The number of rotatable bonds is 4. The zero-order chi connectivity index (χ0) is 12.0. The van der Waals surface area contributed by atoms with Crippen LogP contribution in [0.2, 0.25) is 0 Å². The maximum absolute atomic E-state index is 11.8. The molecule has 0 aromatic rings. The Morgan fingerprint density at radius 1 is 1.50 bits per heavy atom. The molecule has 1 aliphatic rings. The average Bonchev–Trinajstić information content (AvgIpc) is 2.30. The molecule has 3 N–H and O–H groups in total. The summed E-state index contributed by atoms with van der Waals surface area (Å²) in [5.74, 6) is -0.142. The summed E-state index contributed by atoms with van der Waals surface area (Å²) in [5, 5.41) is 8.61. The average molecular weight is 227 g/mol. The van der Waals surface area contributed by atoms with Crippen molar-refractivity contribution >= 4 is 11.8 Å². The molecule has 2 amide bonds. The lowest BCUT2D eigenvalue weighted by Gasteiger charge is -2.23. The van der Waals surface area contributed by atoms with Gasteiger partial charge in [-0.15, -0.1) is 0 Å². The van der Waals surface area contributed by atoms with Crippen LogP contribution in [0, 0.1) is 5.92 Å². The molecule has 16 heavy (non-hydrogen) atoms. The first-order valence-corrected chi connectivity index (χ1v) is 5.94. The summed E-state index contributed by atoms with van der Waals surface area (Å²) in [5.41, 5.74) is 0. The maximum atomic E-state index is 11.8. The molecule has 1 fully saturated rings. The molecule has 92 valence electrons. The number of piperidine rings is 1. The van der Waals surface area contributed by atoms with E-state index in [0.717, 1.165) is 19.4 Å². The fourth-order valence-electron chi connectivity index (χ4n) is 1.80. The van der Waals surface area contributed by atoms with Crippen LogP contribution in [0.4, 0.5) is 0 Å². The van der Waals surface area contributed by atoms with E-state index < -0.39 is 6.04 Å². The molecule has 1 unspecified atom stereocenters. The predicted octanol–water partition coefficient (Wildman–Crippen LogP) is -0.373. The van der Waals surface area contributed by atoms with E-state index in [2.05, 4.69) is 16.0 Å². The standard InChI is InChI=1S/C11H21N3O2/c1-3-13-10(15)8(2)14-11(16)9-5-4-6-12-7-9/h8-9,12H,3-7H2,1-2H3,(H,13,15)(H,14,16)/t8?,9-/m0/s1. The lowest BCUT2D eigenvalue weighted by atomic mass is 9.98. The highest BCUT2D eigenvalue weighted by Gasteiger charge is 2.23. The second kappa shape index (κ2) is 6.48. The minimum absolute atomic E-state index is 0.00521. The fraction of sp³-hybridized carbons (Fsp3) is 0.818. The largest absolute Gasteiger partial charge is 0.355 e. The Morgan fingerprint density at radius 2 is 2.25 bits per heavy atom. The van der Waals surface area contributed by atoms with Gasteiger partial charge in [0.2, 0.25) is 11.8 Å². The predicted molar refractivity (Wildman–Crippen MR) is 61.9 cm³/mol. The van der Waals surface area contributed by atoms with Crippen molar-refractivity contribution in [1.82, 2.24) is 16.0 Å². The van der Waals surface area contributed by atoms with Gasteiger partial charge in [-0.2, -0.15) is 0 Å². The number of likely N-dealkylation sites (N-methyl/N-ethyl adjacent to an activating group) is 1. The summed E-state index contributed by atoms with van der Waals surface area (Å²) in [7, 11) is 0. The third-order valence-corrected chi connectivity index (χ3v) is 2.77. The summed E-state index contributed by atoms with van der Waals surface area (Å²) < 4.78 is 0. The van der Waals surface area contributed by atoms with Gasteiger partial charge in [-0.25, -0.2) is 0 Å². The molecule has 1 saturated heterocycles. The van der Waals surface area contributed by atoms with Gasteiger partial charge in [-0.05, 0) is 33.2 Å². The molecule has 0 aliphatic carbocycles. The van der Waals surface area contributed by atoms with Gasteiger partial charge < -0.3 is 16.0 Å². The van der Waals surface area contributed by atoms with Crippen LogP contribution < -0.4 is 16.0 Å². The van der Waals surface area contributed by atoms with Crippen molar-refractivity contribution in [2.45, 2.75) is 32.7 Å². The van der Waals surface area contributed by atoms with Crippen molar-refractivity contribution in [2.24, 2.45) is 5.92 Å². The van der Waals surface area contributed by atoms with Gasteiger partial charge in [-0.1, -0.05) is 0 Å². The number of carbonyl (C=O) groups is 2. The summed E-state index contributed by atoms with van der Waals surface area (Å²) in [6.07, 6.45) is 1.93. The SMILES string of the molecule is CCNC(=O)C(C)NC(=O)[C@H]1CCCNC1. The van der Waals surface area contributed by atoms with Crippen LogP contribution in [0.3, 0.4) is 0 Å². The molecule has 5 heteroatoms. The highest BCUT2D eigenvalue weighted by Crippen LogP contribution is 2.09. The van der Waals surface area contributed by atoms with Crippen molar-refractivity contribution < 1.29 is 9.59 Å². The molecule has 2 atom stereocenters. The Hall–Kier alpha value is -1.10. The highest BCUT2D eigenvalue weighted by atomic mass is 16.2. The van der Waals surface area contributed by atoms with Gasteiger partial charge in [0.25, 0.3) is 0 Å². The van der Waals surface area contributed by atoms with Gasteiger partial charge in [0.1, 0.15) is 6.04 Å². The van der Waals surface area contributed by atoms with Crippen LogP contribution in [0.1, 0.15) is 26.7 Å². The highest BCUT2D eigenvalue weighted by molar-refractivity contribution is 5.88. The molecule has 1 heterocycles. The van der Waals surface area contributed by atoms with E-state index in [0.29, 0.717) is 13.1 Å². The van der Waals surface area contributed by atoms with Crippen molar-refractivity contribution in [2.75, 3.05) is 19.6 Å². The Kier molecular flexibility index (Phi) is 5.25. The van der Waals surface area contributed by atoms with Crippen molar-refractivity contribution in [3.8, 4) is 0 Å². The first-order chi connectivity index (χ1) is 7.65. The molecule has 0 spiro atoms. The first-order valence-electron chi connectivity index (χ1n) is 5.94. The molecule has 0 saturated carbocycles. The molecule has 1 aliphatic heterocycles. The van der Waals surface area contributed by atoms with Crippen molar-refractivity contribution in [3.05, 3.63) is 0 Å². The summed E-state index contributed by atoms with van der Waals surface area (Å²) in [6, 6.07) is -0.450. The number of carbonyl (C=O) groups excluding carboxylic acids is 2. The fourth-order valence-corrected chi connectivity index (χ4v) is 1.80. The zero-order valence-electron chi connectivity index (χ0n) is 10.0. The maximum Gasteiger partial charge on any atom is 0.242 e. The molecule has 0 radical (unpaired) electrons. The van der Waals surface area contributed by atoms with Gasteiger partial charge in [0, 0.05) is 13.1 Å².